The molecule has 1 aromatic carbocycles. The minimum Gasteiger partial charge on any atom is -0.494 e. The Bertz CT molecular complexity index is 1120. The number of nitrogens with one attached hydrogen (secondary N) is 1. The molecular weight excluding hydrogens is 377 g/mol. The van der Waals surface area contributed by atoms with E-state index in [1.807, 2.05) is 0 Å². The average molecular weight is 399 g/mol. The van der Waals surface area contributed by atoms with Crippen molar-refractivity contribution in [3.05, 3.63) is 45.5 Å². The number of carboxylic acid groups (broad SMARTS) is 1. The molecule has 3 aliphatic rings. The van der Waals surface area contributed by atoms with Crippen LogP contribution in [0.1, 0.15) is 34.8 Å². The fourth-order valence-electron chi connectivity index (χ4n) is 4.54. The Morgan fingerprint density at radius 1 is 1.38 bits per heavy atom. The summed E-state index contributed by atoms with van der Waals surface area (Å²) in [5.74, 6) is -1.56. The van der Waals surface area contributed by atoms with E-state index < -0.39 is 17.2 Å². The van der Waals surface area contributed by atoms with Crippen LogP contribution in [-0.2, 0) is 0 Å². The number of aromatic carboxylic acids is 1. The van der Waals surface area contributed by atoms with Gasteiger partial charge in [-0.15, -0.1) is 0 Å². The van der Waals surface area contributed by atoms with E-state index >= 15 is 4.39 Å². The van der Waals surface area contributed by atoms with E-state index in [4.69, 9.17) is 4.74 Å². The van der Waals surface area contributed by atoms with Gasteiger partial charge in [0.15, 0.2) is 5.75 Å². The molecule has 0 unspecified atom stereocenters. The fourth-order valence-corrected chi connectivity index (χ4v) is 4.54. The molecule has 29 heavy (non-hydrogen) atoms. The quantitative estimate of drug-likeness (QED) is 0.817. The minimum atomic E-state index is -1.31. The highest BCUT2D eigenvalue weighted by Crippen LogP contribution is 2.43. The zero-order valence-electron chi connectivity index (χ0n) is 16.1. The van der Waals surface area contributed by atoms with Gasteiger partial charge >= 0.3 is 5.97 Å². The zero-order chi connectivity index (χ0) is 20.3. The number of hydrogen-bond donors (Lipinski definition) is 2. The Morgan fingerprint density at radius 2 is 2.17 bits per heavy atom. The lowest BCUT2D eigenvalue weighted by Crippen LogP contribution is -2.47. The Kier molecular flexibility index (Phi) is 4.22. The summed E-state index contributed by atoms with van der Waals surface area (Å²) in [4.78, 5) is 26.6. The van der Waals surface area contributed by atoms with Crippen molar-refractivity contribution >= 4 is 22.4 Å². The molecule has 0 spiro atoms. The molecule has 5 rings (SSSR count). The lowest BCUT2D eigenvalue weighted by molar-refractivity contribution is 0.0695. The Labute approximate surface area is 166 Å². The molecule has 2 N–H and O–H groups in total. The van der Waals surface area contributed by atoms with Crippen LogP contribution in [0, 0.1) is 5.82 Å². The van der Waals surface area contributed by atoms with Crippen molar-refractivity contribution in [2.75, 3.05) is 33.3 Å². The second-order valence-electron chi connectivity index (χ2n) is 7.91. The number of hydrogen-bond acceptors (Lipinski definition) is 5. The predicted octanol–water partition coefficient (Wildman–Crippen LogP) is 1.85. The molecule has 152 valence electrons. The van der Waals surface area contributed by atoms with Crippen molar-refractivity contribution in [2.24, 2.45) is 0 Å². The third-order valence-electron chi connectivity index (χ3n) is 6.08. The van der Waals surface area contributed by atoms with Crippen LogP contribution in [0.15, 0.2) is 23.1 Å². The maximum atomic E-state index is 15.3. The van der Waals surface area contributed by atoms with E-state index in [9.17, 15) is 14.7 Å². The highest BCUT2D eigenvalue weighted by Gasteiger charge is 2.33. The molecular formula is C21H22FN3O4. The second kappa shape index (κ2) is 6.67. The maximum Gasteiger partial charge on any atom is 0.341 e. The summed E-state index contributed by atoms with van der Waals surface area (Å²) in [6, 6.07) is 1.48. The summed E-state index contributed by atoms with van der Waals surface area (Å²) in [5, 5.41) is 12.8. The molecule has 2 aromatic rings. The number of pyridine rings is 1. The summed E-state index contributed by atoms with van der Waals surface area (Å²) in [5.41, 5.74) is 0.653. The first-order valence-electron chi connectivity index (χ1n) is 9.84. The number of rotatable bonds is 4. The van der Waals surface area contributed by atoms with Gasteiger partial charge in [0.25, 0.3) is 0 Å². The first-order chi connectivity index (χ1) is 14.0. The monoisotopic (exact) mass is 399 g/mol. The van der Waals surface area contributed by atoms with Crippen LogP contribution < -0.4 is 15.5 Å². The largest absolute Gasteiger partial charge is 0.494 e. The molecule has 0 bridgehead atoms. The number of carbonyl (C=O) groups is 1. The molecule has 2 aliphatic heterocycles. The van der Waals surface area contributed by atoms with Crippen LogP contribution in [0.25, 0.3) is 16.5 Å². The van der Waals surface area contributed by atoms with Crippen molar-refractivity contribution in [2.45, 2.75) is 24.9 Å². The van der Waals surface area contributed by atoms with Crippen LogP contribution in [0.2, 0.25) is 0 Å². The maximum absolute atomic E-state index is 15.3. The standard InChI is InChI=1S/C21H22FN3O4/c1-29-20-17(11-6-13-8-23-4-5-24(13)9-11)16(22)7-14-18(20)25(12-2-3-12)10-15(19(14)26)21(27)28/h6-7,10,12-13,23H,2-5,8-9H2,1H3,(H,27,28)/t13-/m0/s1. The van der Waals surface area contributed by atoms with Crippen molar-refractivity contribution in [1.82, 2.24) is 14.8 Å². The van der Waals surface area contributed by atoms with Gasteiger partial charge in [0.05, 0.1) is 23.6 Å². The smallest absolute Gasteiger partial charge is 0.341 e. The van der Waals surface area contributed by atoms with Crippen LogP contribution >= 0.6 is 0 Å². The van der Waals surface area contributed by atoms with Gasteiger partial charge in [0.2, 0.25) is 5.43 Å². The molecule has 1 aliphatic carbocycles. The van der Waals surface area contributed by atoms with Crippen molar-refractivity contribution < 1.29 is 19.0 Å². The topological polar surface area (TPSA) is 83.8 Å². The molecule has 2 fully saturated rings. The summed E-state index contributed by atoms with van der Waals surface area (Å²) in [6.07, 6.45) is 5.21. The molecule has 7 nitrogen and oxygen atoms in total. The number of benzene rings is 1. The van der Waals surface area contributed by atoms with E-state index in [-0.39, 0.29) is 23.0 Å². The van der Waals surface area contributed by atoms with Gasteiger partial charge < -0.3 is 19.7 Å². The van der Waals surface area contributed by atoms with E-state index in [2.05, 4.69) is 16.3 Å². The van der Waals surface area contributed by atoms with E-state index in [0.29, 0.717) is 23.4 Å². The Hall–Kier alpha value is -2.71. The normalized spacial score (nSPS) is 21.9. The number of carboxylic acids is 1. The SMILES string of the molecule is COc1c(C2=C[C@H]3CNCCN3C2)c(F)cc2c(=O)c(C(=O)O)cn(C3CC3)c12. The first kappa shape index (κ1) is 18.3. The fraction of sp³-hybridized carbons (Fsp3) is 0.429. The van der Waals surface area contributed by atoms with Crippen molar-refractivity contribution in [3.8, 4) is 5.75 Å². The van der Waals surface area contributed by atoms with Crippen LogP contribution in [0.3, 0.4) is 0 Å². The Morgan fingerprint density at radius 3 is 2.83 bits per heavy atom. The van der Waals surface area contributed by atoms with Crippen molar-refractivity contribution in [3.63, 3.8) is 0 Å². The van der Waals surface area contributed by atoms with Crippen LogP contribution in [0.4, 0.5) is 4.39 Å². The second-order valence-corrected chi connectivity index (χ2v) is 7.91. The number of fused-ring (bicyclic) bond motifs is 2. The van der Waals surface area contributed by atoms with Gasteiger partial charge in [-0.2, -0.15) is 0 Å². The lowest BCUT2D eigenvalue weighted by atomic mass is 9.99. The third kappa shape index (κ3) is 2.86. The van der Waals surface area contributed by atoms with Crippen LogP contribution in [-0.4, -0.2) is 59.9 Å². The number of piperazine rings is 1. The van der Waals surface area contributed by atoms with Gasteiger partial charge in [0, 0.05) is 44.5 Å². The molecule has 1 saturated carbocycles. The molecule has 8 heteroatoms. The predicted molar refractivity (Wildman–Crippen MR) is 106 cm³/mol. The van der Waals surface area contributed by atoms with Gasteiger partial charge in [-0.25, -0.2) is 9.18 Å². The summed E-state index contributed by atoms with van der Waals surface area (Å²) in [6.45, 7) is 3.22. The lowest BCUT2D eigenvalue weighted by Gasteiger charge is -2.29. The van der Waals surface area contributed by atoms with E-state index in [1.165, 1.54) is 19.4 Å². The van der Waals surface area contributed by atoms with Gasteiger partial charge in [-0.05, 0) is 24.5 Å². The highest BCUT2D eigenvalue weighted by molar-refractivity contribution is 5.97. The number of halogens is 1. The number of nitrogens with zero attached hydrogens (tertiary/aromatic N) is 2. The van der Waals surface area contributed by atoms with Gasteiger partial charge in [-0.1, -0.05) is 6.08 Å². The highest BCUT2D eigenvalue weighted by atomic mass is 19.1. The number of aromatic nitrogens is 1. The average Bonchev–Trinajstić information content (AvgIpc) is 3.45. The number of methoxy groups -OCH3 is 1. The molecule has 1 aromatic heterocycles. The minimum absolute atomic E-state index is 0.0490. The molecule has 0 radical (unpaired) electrons. The molecule has 1 atom stereocenters. The Balaban J connectivity index is 1.78. The first-order valence-corrected chi connectivity index (χ1v) is 9.84. The summed E-state index contributed by atoms with van der Waals surface area (Å²) < 4.78 is 22.7. The number of ether oxygens (including phenoxy) is 1. The van der Waals surface area contributed by atoms with E-state index in [0.717, 1.165) is 38.0 Å². The van der Waals surface area contributed by atoms with E-state index in [1.54, 1.807) is 4.57 Å². The molecule has 3 heterocycles. The molecule has 0 amide bonds. The summed E-state index contributed by atoms with van der Waals surface area (Å²) in [7, 11) is 1.47. The van der Waals surface area contributed by atoms with Crippen LogP contribution in [0.5, 0.6) is 5.75 Å². The molecule has 1 saturated heterocycles. The van der Waals surface area contributed by atoms with Crippen molar-refractivity contribution in [1.29, 1.82) is 0 Å². The van der Waals surface area contributed by atoms with Gasteiger partial charge in [-0.3, -0.25) is 9.69 Å². The third-order valence-corrected chi connectivity index (χ3v) is 6.08. The zero-order valence-corrected chi connectivity index (χ0v) is 16.1. The summed E-state index contributed by atoms with van der Waals surface area (Å²) >= 11 is 0. The van der Waals surface area contributed by atoms with Gasteiger partial charge in [0.1, 0.15) is 11.4 Å².